The van der Waals surface area contributed by atoms with E-state index in [1.54, 1.807) is 12.1 Å². The Morgan fingerprint density at radius 1 is 1.08 bits per heavy atom. The highest BCUT2D eigenvalue weighted by Gasteiger charge is 2.44. The summed E-state index contributed by atoms with van der Waals surface area (Å²) in [5.74, 6) is 0.328. The third kappa shape index (κ3) is 3.83. The van der Waals surface area contributed by atoms with Gasteiger partial charge in [-0.3, -0.25) is 4.90 Å². The van der Waals surface area contributed by atoms with Gasteiger partial charge < -0.3 is 10.1 Å². The summed E-state index contributed by atoms with van der Waals surface area (Å²) in [6.45, 7) is 3.77. The molecule has 1 saturated carbocycles. The lowest BCUT2D eigenvalue weighted by atomic mass is 9.76. The van der Waals surface area contributed by atoms with Gasteiger partial charge in [-0.2, -0.15) is 17.6 Å². The van der Waals surface area contributed by atoms with Crippen LogP contribution in [-0.2, 0) is 0 Å². The molecule has 1 aromatic rings. The van der Waals surface area contributed by atoms with E-state index in [-0.39, 0.29) is 11.8 Å². The molecular weight excluding hydrogens is 324 g/mol. The van der Waals surface area contributed by atoms with E-state index in [9.17, 15) is 17.6 Å². The SMILES string of the molecule is FC(F)C(F)(F)Oc1ccc([C@H](C2CCC2)N2CCNCC2)cc1. The van der Waals surface area contributed by atoms with E-state index in [1.807, 2.05) is 0 Å². The number of hydrogen-bond acceptors (Lipinski definition) is 3. The van der Waals surface area contributed by atoms with E-state index >= 15 is 0 Å². The van der Waals surface area contributed by atoms with Crippen LogP contribution in [0.1, 0.15) is 30.9 Å². The first-order valence-electron chi connectivity index (χ1n) is 8.37. The van der Waals surface area contributed by atoms with Crippen LogP contribution in [0.2, 0.25) is 0 Å². The Bertz CT molecular complexity index is 528. The number of halogens is 4. The molecule has 24 heavy (non-hydrogen) atoms. The maximum atomic E-state index is 13.0. The van der Waals surface area contributed by atoms with Gasteiger partial charge in [-0.25, -0.2) is 0 Å². The molecular formula is C17H22F4N2O. The summed E-state index contributed by atoms with van der Waals surface area (Å²) in [5, 5.41) is 3.33. The van der Waals surface area contributed by atoms with Gasteiger partial charge in [-0.05, 0) is 36.5 Å². The van der Waals surface area contributed by atoms with Crippen molar-refractivity contribution >= 4 is 0 Å². The first kappa shape index (κ1) is 17.5. The van der Waals surface area contributed by atoms with Crippen molar-refractivity contribution < 1.29 is 22.3 Å². The van der Waals surface area contributed by atoms with Crippen molar-refractivity contribution in [2.45, 2.75) is 37.8 Å². The highest BCUT2D eigenvalue weighted by Crippen LogP contribution is 2.42. The predicted molar refractivity (Wildman–Crippen MR) is 82.5 cm³/mol. The fraction of sp³-hybridized carbons (Fsp3) is 0.647. The van der Waals surface area contributed by atoms with Gasteiger partial charge in [0.15, 0.2) is 0 Å². The third-order valence-electron chi connectivity index (χ3n) is 4.87. The lowest BCUT2D eigenvalue weighted by molar-refractivity contribution is -0.253. The highest BCUT2D eigenvalue weighted by atomic mass is 19.3. The van der Waals surface area contributed by atoms with Crippen molar-refractivity contribution in [2.75, 3.05) is 26.2 Å². The van der Waals surface area contributed by atoms with Crippen molar-refractivity contribution in [2.24, 2.45) is 5.92 Å². The minimum absolute atomic E-state index is 0.239. The fourth-order valence-electron chi connectivity index (χ4n) is 3.43. The van der Waals surface area contributed by atoms with Gasteiger partial charge in [0.2, 0.25) is 0 Å². The average molecular weight is 346 g/mol. The van der Waals surface area contributed by atoms with Crippen molar-refractivity contribution in [3.05, 3.63) is 29.8 Å². The number of rotatable bonds is 6. The smallest absolute Gasteiger partial charge is 0.428 e. The number of nitrogens with one attached hydrogen (secondary N) is 1. The summed E-state index contributed by atoms with van der Waals surface area (Å²) in [4.78, 5) is 2.42. The minimum Gasteiger partial charge on any atom is -0.428 e. The topological polar surface area (TPSA) is 24.5 Å². The molecule has 1 saturated heterocycles. The van der Waals surface area contributed by atoms with Crippen molar-refractivity contribution in [1.29, 1.82) is 0 Å². The molecule has 0 spiro atoms. The minimum atomic E-state index is -4.46. The molecule has 3 rings (SSSR count). The molecule has 3 nitrogen and oxygen atoms in total. The van der Waals surface area contributed by atoms with E-state index < -0.39 is 12.5 Å². The molecule has 0 radical (unpaired) electrons. The number of benzene rings is 1. The van der Waals surface area contributed by atoms with Crippen molar-refractivity contribution in [3.63, 3.8) is 0 Å². The van der Waals surface area contributed by atoms with Crippen molar-refractivity contribution in [3.8, 4) is 5.75 Å². The Kier molecular flexibility index (Phi) is 5.30. The number of alkyl halides is 4. The molecule has 1 heterocycles. The van der Waals surface area contributed by atoms with Crippen LogP contribution in [0.5, 0.6) is 5.75 Å². The third-order valence-corrected chi connectivity index (χ3v) is 4.87. The molecule has 1 atom stereocenters. The van der Waals surface area contributed by atoms with Gasteiger partial charge in [0.05, 0.1) is 0 Å². The quantitative estimate of drug-likeness (QED) is 0.796. The van der Waals surface area contributed by atoms with Gasteiger partial charge in [-0.15, -0.1) is 0 Å². The monoisotopic (exact) mass is 346 g/mol. The lowest BCUT2D eigenvalue weighted by Crippen LogP contribution is -2.47. The van der Waals surface area contributed by atoms with Gasteiger partial charge in [0.25, 0.3) is 0 Å². The standard InChI is InChI=1S/C17H22F4N2O/c18-16(19)17(20,21)24-14-6-4-13(5-7-14)15(12-2-1-3-12)23-10-8-22-9-11-23/h4-7,12,15-16,22H,1-3,8-11H2/t15-/m0/s1. The van der Waals surface area contributed by atoms with Crippen LogP contribution < -0.4 is 10.1 Å². The van der Waals surface area contributed by atoms with Crippen LogP contribution >= 0.6 is 0 Å². The molecule has 2 aliphatic rings. The number of hydrogen-bond donors (Lipinski definition) is 1. The van der Waals surface area contributed by atoms with E-state index in [4.69, 9.17) is 0 Å². The first-order valence-corrected chi connectivity index (χ1v) is 8.37. The zero-order valence-electron chi connectivity index (χ0n) is 13.4. The second-order valence-electron chi connectivity index (χ2n) is 6.46. The van der Waals surface area contributed by atoms with Crippen LogP contribution in [0.4, 0.5) is 17.6 Å². The van der Waals surface area contributed by atoms with Gasteiger partial charge in [0, 0.05) is 32.2 Å². The largest absolute Gasteiger partial charge is 0.461 e. The molecule has 2 fully saturated rings. The fourth-order valence-corrected chi connectivity index (χ4v) is 3.43. The summed E-state index contributed by atoms with van der Waals surface area (Å²) in [6.07, 6.45) is -4.77. The van der Waals surface area contributed by atoms with E-state index in [1.165, 1.54) is 18.6 Å². The first-order chi connectivity index (χ1) is 11.5. The van der Waals surface area contributed by atoms with Crippen LogP contribution in [0, 0.1) is 5.92 Å². The Morgan fingerprint density at radius 3 is 2.21 bits per heavy atom. The molecule has 1 aromatic carbocycles. The molecule has 0 aromatic heterocycles. The van der Waals surface area contributed by atoms with E-state index in [0.29, 0.717) is 5.92 Å². The van der Waals surface area contributed by atoms with Crippen molar-refractivity contribution in [1.82, 2.24) is 10.2 Å². The number of ether oxygens (including phenoxy) is 1. The Labute approximate surface area is 139 Å². The second-order valence-corrected chi connectivity index (χ2v) is 6.46. The number of nitrogens with zero attached hydrogens (tertiary/aromatic N) is 1. The normalized spacial score (nSPS) is 21.5. The molecule has 0 bridgehead atoms. The molecule has 7 heteroatoms. The molecule has 134 valence electrons. The van der Waals surface area contributed by atoms with Crippen LogP contribution in [0.3, 0.4) is 0 Å². The maximum absolute atomic E-state index is 13.0. The summed E-state index contributed by atoms with van der Waals surface area (Å²) < 4.78 is 54.6. The molecule has 1 aliphatic heterocycles. The van der Waals surface area contributed by atoms with Gasteiger partial charge >= 0.3 is 12.5 Å². The molecule has 1 N–H and O–H groups in total. The summed E-state index contributed by atoms with van der Waals surface area (Å²) >= 11 is 0. The highest BCUT2D eigenvalue weighted by molar-refractivity contribution is 5.30. The average Bonchev–Trinajstić information content (AvgIpc) is 2.52. The number of piperazine rings is 1. The van der Waals surface area contributed by atoms with E-state index in [0.717, 1.165) is 44.6 Å². The van der Waals surface area contributed by atoms with Crippen LogP contribution in [0.25, 0.3) is 0 Å². The second kappa shape index (κ2) is 7.27. The lowest BCUT2D eigenvalue weighted by Gasteiger charge is -2.43. The van der Waals surface area contributed by atoms with E-state index in [2.05, 4.69) is 15.0 Å². The summed E-state index contributed by atoms with van der Waals surface area (Å²) in [5.41, 5.74) is 1.04. The maximum Gasteiger partial charge on any atom is 0.461 e. The zero-order chi connectivity index (χ0) is 17.2. The Balaban J connectivity index is 1.74. The van der Waals surface area contributed by atoms with Crippen LogP contribution in [0.15, 0.2) is 24.3 Å². The predicted octanol–water partition coefficient (Wildman–Crippen LogP) is 3.67. The molecule has 0 unspecified atom stereocenters. The summed E-state index contributed by atoms with van der Waals surface area (Å²) in [7, 11) is 0. The zero-order valence-corrected chi connectivity index (χ0v) is 13.4. The summed E-state index contributed by atoms with van der Waals surface area (Å²) in [6, 6.07) is 6.42. The molecule has 1 aliphatic carbocycles. The van der Waals surface area contributed by atoms with Gasteiger partial charge in [-0.1, -0.05) is 18.6 Å². The van der Waals surface area contributed by atoms with Crippen LogP contribution in [-0.4, -0.2) is 43.6 Å². The Hall–Kier alpha value is -1.34. The Morgan fingerprint density at radius 2 is 1.71 bits per heavy atom. The van der Waals surface area contributed by atoms with Gasteiger partial charge in [0.1, 0.15) is 5.75 Å². The molecule has 0 amide bonds.